The molecule has 0 aromatic heterocycles. The topological polar surface area (TPSA) is 118 Å². The normalized spacial score (nSPS) is 11.1. The Morgan fingerprint density at radius 1 is 1.00 bits per heavy atom. The van der Waals surface area contributed by atoms with Crippen molar-refractivity contribution in [1.29, 1.82) is 0 Å². The van der Waals surface area contributed by atoms with E-state index in [2.05, 4.69) is 10.6 Å². The van der Waals surface area contributed by atoms with E-state index in [4.69, 9.17) is 23.2 Å². The van der Waals surface area contributed by atoms with Gasteiger partial charge in [0.2, 0.25) is 15.7 Å². The summed E-state index contributed by atoms with van der Waals surface area (Å²) >= 11 is 13.6. The van der Waals surface area contributed by atoms with Crippen LogP contribution in [0, 0.1) is 10.1 Å². The second-order valence-corrected chi connectivity index (χ2v) is 11.1. The molecule has 2 N–H and O–H groups in total. The molecule has 0 fully saturated rings. The van der Waals surface area contributed by atoms with E-state index in [1.54, 1.807) is 30.0 Å². The highest BCUT2D eigenvalue weighted by Gasteiger charge is 2.29. The molecule has 0 spiro atoms. The van der Waals surface area contributed by atoms with Gasteiger partial charge >= 0.3 is 0 Å². The number of benzene rings is 3. The molecule has 0 atom stereocenters. The van der Waals surface area contributed by atoms with Gasteiger partial charge in [-0.15, -0.1) is 0 Å². The first-order valence-corrected chi connectivity index (χ1v) is 13.7. The van der Waals surface area contributed by atoms with E-state index < -0.39 is 25.3 Å². The lowest BCUT2D eigenvalue weighted by Crippen LogP contribution is -2.31. The number of carbonyl (C=O) groups is 1. The van der Waals surface area contributed by atoms with Crippen molar-refractivity contribution in [1.82, 2.24) is 5.32 Å². The highest BCUT2D eigenvalue weighted by Crippen LogP contribution is 2.32. The number of hydrogen-bond donors (Lipinski definition) is 2. The molecule has 12 heteroatoms. The molecule has 1 amide bonds. The van der Waals surface area contributed by atoms with Crippen molar-refractivity contribution in [3.63, 3.8) is 0 Å². The van der Waals surface area contributed by atoms with E-state index in [9.17, 15) is 23.3 Å². The number of anilines is 1. The van der Waals surface area contributed by atoms with Gasteiger partial charge in [0.05, 0.1) is 22.1 Å². The number of rotatable bonds is 11. The van der Waals surface area contributed by atoms with Crippen LogP contribution in [0.1, 0.15) is 5.56 Å². The van der Waals surface area contributed by atoms with E-state index in [1.807, 2.05) is 6.07 Å². The van der Waals surface area contributed by atoms with Crippen LogP contribution in [0.5, 0.6) is 0 Å². The average molecular weight is 554 g/mol. The minimum atomic E-state index is -4.21. The van der Waals surface area contributed by atoms with Crippen molar-refractivity contribution < 1.29 is 18.1 Å². The SMILES string of the molecule is O=C(CNc1ccccc1S(=O)(=O)c1ccccc1[N+](=O)[O-])NCCSCc1ccc(Cl)cc1Cl. The molecule has 0 aliphatic heterocycles. The number of carbonyl (C=O) groups excluding carboxylic acids is 1. The third-order valence-electron chi connectivity index (χ3n) is 4.81. The summed E-state index contributed by atoms with van der Waals surface area (Å²) in [5, 5.41) is 18.1. The Bertz CT molecular complexity index is 1340. The minimum Gasteiger partial charge on any atom is -0.375 e. The second-order valence-electron chi connectivity index (χ2n) is 7.22. The molecule has 35 heavy (non-hydrogen) atoms. The average Bonchev–Trinajstić information content (AvgIpc) is 2.84. The van der Waals surface area contributed by atoms with Gasteiger partial charge in [0, 0.05) is 34.2 Å². The largest absolute Gasteiger partial charge is 0.375 e. The number of para-hydroxylation sites is 2. The van der Waals surface area contributed by atoms with Gasteiger partial charge in [-0.25, -0.2) is 8.42 Å². The third-order valence-corrected chi connectivity index (χ3v) is 8.26. The predicted octanol–water partition coefficient (Wildman–Crippen LogP) is 5.20. The number of sulfone groups is 1. The van der Waals surface area contributed by atoms with Crippen LogP contribution in [-0.4, -0.2) is 38.1 Å². The molecule has 3 aromatic rings. The van der Waals surface area contributed by atoms with Gasteiger partial charge < -0.3 is 10.6 Å². The Labute approximate surface area is 217 Å². The standard InChI is InChI=1S/C23H21Cl2N3O5S2/c24-17-10-9-16(18(25)13-17)15-34-12-11-26-23(29)14-27-19-5-1-3-7-21(19)35(32,33)22-8-4-2-6-20(22)28(30)31/h1-10,13,27H,11-12,14-15H2,(H,26,29). The Hall–Kier alpha value is -2.79. The van der Waals surface area contributed by atoms with E-state index in [0.717, 1.165) is 11.6 Å². The van der Waals surface area contributed by atoms with Crippen molar-refractivity contribution >= 4 is 62.1 Å². The monoisotopic (exact) mass is 553 g/mol. The van der Waals surface area contributed by atoms with Gasteiger partial charge in [-0.3, -0.25) is 14.9 Å². The number of nitro benzene ring substituents is 1. The van der Waals surface area contributed by atoms with Gasteiger partial charge in [0.25, 0.3) is 5.69 Å². The van der Waals surface area contributed by atoms with Gasteiger partial charge in [0.1, 0.15) is 4.90 Å². The lowest BCUT2D eigenvalue weighted by Gasteiger charge is -2.13. The first-order chi connectivity index (χ1) is 16.7. The lowest BCUT2D eigenvalue weighted by molar-refractivity contribution is -0.387. The molecule has 0 heterocycles. The van der Waals surface area contributed by atoms with Crippen LogP contribution in [0.3, 0.4) is 0 Å². The fourth-order valence-electron chi connectivity index (χ4n) is 3.12. The summed E-state index contributed by atoms with van der Waals surface area (Å²) in [6.45, 7) is 0.240. The summed E-state index contributed by atoms with van der Waals surface area (Å²) in [5.74, 6) is 0.988. The molecule has 184 valence electrons. The molecular weight excluding hydrogens is 533 g/mol. The molecular formula is C23H21Cl2N3O5S2. The summed E-state index contributed by atoms with van der Waals surface area (Å²) < 4.78 is 26.3. The number of halogens is 2. The van der Waals surface area contributed by atoms with Gasteiger partial charge in [0.15, 0.2) is 0 Å². The fraction of sp³-hybridized carbons (Fsp3) is 0.174. The molecule has 0 bridgehead atoms. The van der Waals surface area contributed by atoms with Crippen LogP contribution in [-0.2, 0) is 20.4 Å². The number of nitrogens with one attached hydrogen (secondary N) is 2. The number of amides is 1. The molecule has 3 rings (SSSR count). The van der Waals surface area contributed by atoms with Gasteiger partial charge in [-0.05, 0) is 35.9 Å². The van der Waals surface area contributed by atoms with E-state index >= 15 is 0 Å². The second kappa shape index (κ2) is 12.3. The number of nitrogens with zero attached hydrogens (tertiary/aromatic N) is 1. The molecule has 0 radical (unpaired) electrons. The first kappa shape index (κ1) is 26.8. The van der Waals surface area contributed by atoms with Crippen molar-refractivity contribution in [2.24, 2.45) is 0 Å². The summed E-state index contributed by atoms with van der Waals surface area (Å²) in [6.07, 6.45) is 0. The maximum absolute atomic E-state index is 13.2. The van der Waals surface area contributed by atoms with Gasteiger partial charge in [-0.1, -0.05) is 53.5 Å². The first-order valence-electron chi connectivity index (χ1n) is 10.3. The molecule has 0 saturated carbocycles. The zero-order chi connectivity index (χ0) is 25.4. The quantitative estimate of drug-likeness (QED) is 0.190. The van der Waals surface area contributed by atoms with Crippen LogP contribution < -0.4 is 10.6 Å². The molecule has 3 aromatic carbocycles. The predicted molar refractivity (Wildman–Crippen MR) is 139 cm³/mol. The lowest BCUT2D eigenvalue weighted by atomic mass is 10.2. The number of thioether (sulfide) groups is 1. The Balaban J connectivity index is 1.56. The number of hydrogen-bond acceptors (Lipinski definition) is 7. The summed E-state index contributed by atoms with van der Waals surface area (Å²) in [5.41, 5.74) is 0.607. The van der Waals surface area contributed by atoms with Crippen molar-refractivity contribution in [3.8, 4) is 0 Å². The maximum Gasteiger partial charge on any atom is 0.288 e. The van der Waals surface area contributed by atoms with Gasteiger partial charge in [-0.2, -0.15) is 11.8 Å². The smallest absolute Gasteiger partial charge is 0.288 e. The maximum atomic E-state index is 13.2. The van der Waals surface area contributed by atoms with E-state index in [1.165, 1.54) is 36.4 Å². The number of nitro groups is 1. The van der Waals surface area contributed by atoms with Crippen molar-refractivity contribution in [2.75, 3.05) is 24.2 Å². The van der Waals surface area contributed by atoms with Crippen LogP contribution in [0.4, 0.5) is 11.4 Å². The summed E-state index contributed by atoms with van der Waals surface area (Å²) in [7, 11) is -4.21. The highest BCUT2D eigenvalue weighted by atomic mass is 35.5. The van der Waals surface area contributed by atoms with Crippen LogP contribution >= 0.6 is 35.0 Å². The Morgan fingerprint density at radius 2 is 1.69 bits per heavy atom. The van der Waals surface area contributed by atoms with Crippen LogP contribution in [0.2, 0.25) is 10.0 Å². The fourth-order valence-corrected chi connectivity index (χ4v) is 6.14. The van der Waals surface area contributed by atoms with Crippen LogP contribution in [0.15, 0.2) is 76.5 Å². The molecule has 8 nitrogen and oxygen atoms in total. The molecule has 0 aliphatic carbocycles. The minimum absolute atomic E-state index is 0.155. The van der Waals surface area contributed by atoms with E-state index in [-0.39, 0.29) is 23.0 Å². The summed E-state index contributed by atoms with van der Waals surface area (Å²) in [4.78, 5) is 22.3. The molecule has 0 aliphatic rings. The Kier molecular flexibility index (Phi) is 9.39. The van der Waals surface area contributed by atoms with E-state index in [0.29, 0.717) is 28.1 Å². The highest BCUT2D eigenvalue weighted by molar-refractivity contribution is 7.98. The summed E-state index contributed by atoms with van der Waals surface area (Å²) in [6, 6.07) is 16.4. The van der Waals surface area contributed by atoms with Crippen molar-refractivity contribution in [2.45, 2.75) is 15.5 Å². The third kappa shape index (κ3) is 7.11. The zero-order valence-corrected chi connectivity index (χ0v) is 21.4. The van der Waals surface area contributed by atoms with Crippen molar-refractivity contribution in [3.05, 3.63) is 92.5 Å². The van der Waals surface area contributed by atoms with Crippen LogP contribution in [0.25, 0.3) is 0 Å². The zero-order valence-electron chi connectivity index (χ0n) is 18.2. The Morgan fingerprint density at radius 3 is 2.40 bits per heavy atom. The molecule has 0 unspecified atom stereocenters. The molecule has 0 saturated heterocycles.